The summed E-state index contributed by atoms with van der Waals surface area (Å²) in [4.78, 5) is 37.3. The number of amides is 1. The lowest BCUT2D eigenvalue weighted by Crippen LogP contribution is -2.34. The number of rotatable bonds is 5. The number of nitrogens with two attached hydrogens (primary N) is 1. The summed E-state index contributed by atoms with van der Waals surface area (Å²) < 4.78 is 5.53. The monoisotopic (exact) mass is 406 g/mol. The molecule has 0 fully saturated rings. The lowest BCUT2D eigenvalue weighted by Gasteiger charge is -2.17. The Kier molecular flexibility index (Phi) is 5.78. The van der Waals surface area contributed by atoms with Crippen LogP contribution >= 0.6 is 0 Å². The van der Waals surface area contributed by atoms with Crippen molar-refractivity contribution in [1.29, 1.82) is 0 Å². The molecule has 3 rings (SSSR count). The van der Waals surface area contributed by atoms with Gasteiger partial charge < -0.3 is 15.5 Å². The van der Waals surface area contributed by atoms with E-state index in [1.807, 2.05) is 58.0 Å². The maximum Gasteiger partial charge on any atom is 0.351 e. The molecular weight excluding hydrogens is 380 g/mol. The van der Waals surface area contributed by atoms with Crippen molar-refractivity contribution in [2.75, 3.05) is 12.3 Å². The number of hydrogen-bond donors (Lipinski definition) is 2. The molecule has 0 saturated carbocycles. The fraction of sp³-hybridized carbons (Fsp3) is 0.292. The first kappa shape index (κ1) is 21.3. The zero-order valence-corrected chi connectivity index (χ0v) is 17.7. The molecule has 3 N–H and O–H groups in total. The van der Waals surface area contributed by atoms with E-state index in [1.54, 1.807) is 12.1 Å². The Bertz CT molecular complexity index is 1190. The van der Waals surface area contributed by atoms with E-state index in [0.717, 1.165) is 11.1 Å². The number of nitrogens with one attached hydrogen (secondary N) is 1. The Balaban J connectivity index is 1.97. The van der Waals surface area contributed by atoms with Gasteiger partial charge in [0.2, 0.25) is 0 Å². The van der Waals surface area contributed by atoms with Crippen LogP contribution in [-0.2, 0) is 4.79 Å². The normalized spacial score (nSPS) is 11.5. The van der Waals surface area contributed by atoms with Crippen molar-refractivity contribution in [2.45, 2.75) is 34.1 Å². The van der Waals surface area contributed by atoms with E-state index in [9.17, 15) is 14.4 Å². The van der Waals surface area contributed by atoms with Crippen molar-refractivity contribution >= 4 is 28.3 Å². The van der Waals surface area contributed by atoms with Gasteiger partial charge in [-0.15, -0.1) is 0 Å². The van der Waals surface area contributed by atoms with Gasteiger partial charge in [-0.05, 0) is 24.0 Å². The van der Waals surface area contributed by atoms with Crippen molar-refractivity contribution in [1.82, 2.24) is 5.32 Å². The largest absolute Gasteiger partial charge is 0.421 e. The fourth-order valence-corrected chi connectivity index (χ4v) is 3.42. The first-order valence-corrected chi connectivity index (χ1v) is 9.79. The Morgan fingerprint density at radius 1 is 1.10 bits per heavy atom. The first-order chi connectivity index (χ1) is 14.1. The number of carbonyl (C=O) groups is 2. The Hall–Kier alpha value is -3.41. The Morgan fingerprint density at radius 2 is 1.80 bits per heavy atom. The van der Waals surface area contributed by atoms with Gasteiger partial charge in [0.05, 0.1) is 12.2 Å². The number of benzene rings is 2. The molecule has 2 aromatic carbocycles. The molecular formula is C24H26N2O4. The van der Waals surface area contributed by atoms with E-state index in [2.05, 4.69) is 5.32 Å². The molecule has 0 unspecified atom stereocenters. The van der Waals surface area contributed by atoms with Crippen molar-refractivity contribution < 1.29 is 14.0 Å². The smallest absolute Gasteiger partial charge is 0.351 e. The van der Waals surface area contributed by atoms with Crippen LogP contribution in [-0.4, -0.2) is 18.2 Å². The summed E-state index contributed by atoms with van der Waals surface area (Å²) >= 11 is 0. The predicted molar refractivity (Wildman–Crippen MR) is 118 cm³/mol. The van der Waals surface area contributed by atoms with E-state index >= 15 is 0 Å². The molecule has 3 aromatic rings. The van der Waals surface area contributed by atoms with Gasteiger partial charge in [0.25, 0.3) is 5.91 Å². The van der Waals surface area contributed by atoms with E-state index in [0.29, 0.717) is 23.0 Å². The van der Waals surface area contributed by atoms with Gasteiger partial charge >= 0.3 is 5.63 Å². The fourth-order valence-electron chi connectivity index (χ4n) is 3.42. The second kappa shape index (κ2) is 8.14. The van der Waals surface area contributed by atoms with Crippen LogP contribution < -0.4 is 16.7 Å². The first-order valence-electron chi connectivity index (χ1n) is 9.79. The number of nitrogen functional groups attached to an aromatic ring is 1. The van der Waals surface area contributed by atoms with Gasteiger partial charge in [-0.2, -0.15) is 0 Å². The van der Waals surface area contributed by atoms with Gasteiger partial charge in [-0.25, -0.2) is 4.79 Å². The maximum atomic E-state index is 12.6. The molecule has 0 atom stereocenters. The molecule has 1 amide bonds. The number of Topliss-reactive ketones (excluding diaryl/α,β-unsaturated/α-hetero) is 1. The summed E-state index contributed by atoms with van der Waals surface area (Å²) in [7, 11) is 0. The standard InChI is InChI=1S/C24H26N2O4/c1-14-7-5-8-15(11-14)17-9-6-10-18-20(25)19(23(29)30-21(17)18)22(28)26-13-16(27)12-24(2,3)4/h5-11H,12-13,25H2,1-4H3,(H,26,28). The second-order valence-corrected chi connectivity index (χ2v) is 8.69. The Morgan fingerprint density at radius 3 is 2.47 bits per heavy atom. The molecule has 0 radical (unpaired) electrons. The van der Waals surface area contributed by atoms with Gasteiger partial charge in [0, 0.05) is 17.4 Å². The average molecular weight is 406 g/mol. The van der Waals surface area contributed by atoms with Gasteiger partial charge in [0.1, 0.15) is 11.1 Å². The highest BCUT2D eigenvalue weighted by atomic mass is 16.4. The molecule has 6 heteroatoms. The predicted octanol–water partition coefficient (Wildman–Crippen LogP) is 4.09. The SMILES string of the molecule is Cc1cccc(-c2cccc3c(N)c(C(=O)NCC(=O)CC(C)(C)C)c(=O)oc23)c1. The molecule has 0 saturated heterocycles. The summed E-state index contributed by atoms with van der Waals surface area (Å²) in [6.07, 6.45) is 0.314. The lowest BCUT2D eigenvalue weighted by molar-refractivity contribution is -0.119. The molecule has 30 heavy (non-hydrogen) atoms. The van der Waals surface area contributed by atoms with Crippen molar-refractivity contribution in [2.24, 2.45) is 5.41 Å². The third-order valence-electron chi connectivity index (χ3n) is 4.70. The molecule has 0 bridgehead atoms. The third-order valence-corrected chi connectivity index (χ3v) is 4.70. The zero-order valence-electron chi connectivity index (χ0n) is 17.7. The minimum Gasteiger partial charge on any atom is -0.421 e. The molecule has 0 spiro atoms. The molecule has 0 aliphatic rings. The third kappa shape index (κ3) is 4.59. The summed E-state index contributed by atoms with van der Waals surface area (Å²) in [5.74, 6) is -0.840. The maximum absolute atomic E-state index is 12.6. The lowest BCUT2D eigenvalue weighted by atomic mass is 9.90. The van der Waals surface area contributed by atoms with Crippen molar-refractivity contribution in [3.05, 3.63) is 64.0 Å². The number of aryl methyl sites for hydroxylation is 1. The van der Waals surface area contributed by atoms with Crippen LogP contribution in [0.3, 0.4) is 0 Å². The molecule has 0 aliphatic heterocycles. The zero-order chi connectivity index (χ0) is 22.1. The number of hydrogen-bond acceptors (Lipinski definition) is 5. The van der Waals surface area contributed by atoms with Crippen LogP contribution in [0.15, 0.2) is 51.7 Å². The number of anilines is 1. The van der Waals surface area contributed by atoms with Crippen LogP contribution in [0.1, 0.15) is 43.1 Å². The van der Waals surface area contributed by atoms with Crippen LogP contribution in [0, 0.1) is 12.3 Å². The minimum absolute atomic E-state index is 0.0384. The highest BCUT2D eigenvalue weighted by molar-refractivity contribution is 6.08. The number of fused-ring (bicyclic) bond motifs is 1. The van der Waals surface area contributed by atoms with Gasteiger partial charge in [0.15, 0.2) is 5.78 Å². The van der Waals surface area contributed by atoms with Crippen molar-refractivity contribution in [3.8, 4) is 11.1 Å². The molecule has 1 aromatic heterocycles. The van der Waals surface area contributed by atoms with Gasteiger partial charge in [-0.1, -0.05) is 62.7 Å². The highest BCUT2D eigenvalue weighted by Crippen LogP contribution is 2.32. The second-order valence-electron chi connectivity index (χ2n) is 8.69. The van der Waals surface area contributed by atoms with Crippen LogP contribution in [0.2, 0.25) is 0 Å². The number of carbonyl (C=O) groups excluding carboxylic acids is 2. The summed E-state index contributed by atoms with van der Waals surface area (Å²) in [5.41, 5.74) is 7.92. The van der Waals surface area contributed by atoms with E-state index < -0.39 is 11.5 Å². The van der Waals surface area contributed by atoms with Crippen LogP contribution in [0.5, 0.6) is 0 Å². The molecule has 156 valence electrons. The summed E-state index contributed by atoms with van der Waals surface area (Å²) in [6.45, 7) is 7.62. The molecule has 0 aliphatic carbocycles. The topological polar surface area (TPSA) is 102 Å². The van der Waals surface area contributed by atoms with E-state index in [-0.39, 0.29) is 29.0 Å². The average Bonchev–Trinajstić information content (AvgIpc) is 2.64. The highest BCUT2D eigenvalue weighted by Gasteiger charge is 2.22. The van der Waals surface area contributed by atoms with E-state index in [1.165, 1.54) is 0 Å². The minimum atomic E-state index is -0.833. The summed E-state index contributed by atoms with van der Waals surface area (Å²) in [6, 6.07) is 13.1. The Labute approximate surface area is 175 Å². The van der Waals surface area contributed by atoms with Crippen LogP contribution in [0.25, 0.3) is 22.1 Å². The van der Waals surface area contributed by atoms with Crippen molar-refractivity contribution in [3.63, 3.8) is 0 Å². The number of para-hydroxylation sites is 1. The quantitative estimate of drug-likeness (QED) is 0.622. The molecule has 1 heterocycles. The summed E-state index contributed by atoms with van der Waals surface area (Å²) in [5, 5.41) is 2.96. The van der Waals surface area contributed by atoms with E-state index in [4.69, 9.17) is 10.2 Å². The van der Waals surface area contributed by atoms with Crippen LogP contribution in [0.4, 0.5) is 5.69 Å². The van der Waals surface area contributed by atoms with Gasteiger partial charge in [-0.3, -0.25) is 9.59 Å². The molecule has 6 nitrogen and oxygen atoms in total. The number of ketones is 1.